The van der Waals surface area contributed by atoms with Crippen LogP contribution in [0.5, 0.6) is 5.75 Å². The molecule has 106 valence electrons. The summed E-state index contributed by atoms with van der Waals surface area (Å²) in [5.41, 5.74) is 2.04. The maximum Gasteiger partial charge on any atom is 0.339 e. The fraction of sp³-hybridized carbons (Fsp3) is 0.118. The summed E-state index contributed by atoms with van der Waals surface area (Å²) >= 11 is 0. The van der Waals surface area contributed by atoms with Crippen LogP contribution in [0.15, 0.2) is 41.0 Å². The van der Waals surface area contributed by atoms with Crippen LogP contribution in [0.25, 0.3) is 22.1 Å². The Morgan fingerprint density at radius 2 is 1.81 bits per heavy atom. The van der Waals surface area contributed by atoms with Crippen molar-refractivity contribution in [3.8, 4) is 17.1 Å². The highest BCUT2D eigenvalue weighted by molar-refractivity contribution is 6.01. The van der Waals surface area contributed by atoms with Crippen molar-refractivity contribution >= 4 is 16.7 Å². The fourth-order valence-electron chi connectivity index (χ4n) is 2.59. The monoisotopic (exact) mass is 282 g/mol. The molecule has 0 aliphatic rings. The molecule has 21 heavy (non-hydrogen) atoms. The third kappa shape index (κ3) is 1.96. The van der Waals surface area contributed by atoms with E-state index in [2.05, 4.69) is 0 Å². The van der Waals surface area contributed by atoms with E-state index in [4.69, 9.17) is 4.42 Å². The first-order valence-electron chi connectivity index (χ1n) is 6.53. The average Bonchev–Trinajstić information content (AvgIpc) is 2.82. The van der Waals surface area contributed by atoms with Crippen molar-refractivity contribution in [2.75, 3.05) is 0 Å². The van der Waals surface area contributed by atoms with Gasteiger partial charge in [-0.15, -0.1) is 0 Å². The molecule has 0 aliphatic heterocycles. The number of benzene rings is 2. The minimum atomic E-state index is -1.07. The van der Waals surface area contributed by atoms with Crippen LogP contribution in [0.1, 0.15) is 21.5 Å². The van der Waals surface area contributed by atoms with Crippen molar-refractivity contribution < 1.29 is 19.4 Å². The molecular formula is C17H14O4. The Bertz CT molecular complexity index is 859. The van der Waals surface area contributed by atoms with Crippen molar-refractivity contribution in [1.82, 2.24) is 0 Å². The summed E-state index contributed by atoms with van der Waals surface area (Å²) in [5.74, 6) is -0.853. The number of rotatable bonds is 2. The zero-order valence-corrected chi connectivity index (χ0v) is 11.7. The van der Waals surface area contributed by atoms with Gasteiger partial charge in [0.15, 0.2) is 5.76 Å². The molecular weight excluding hydrogens is 268 g/mol. The number of phenols is 1. The highest BCUT2D eigenvalue weighted by Gasteiger charge is 2.22. The normalized spacial score (nSPS) is 11.0. The third-order valence-electron chi connectivity index (χ3n) is 3.68. The van der Waals surface area contributed by atoms with Gasteiger partial charge in [0.2, 0.25) is 0 Å². The Morgan fingerprint density at radius 3 is 2.52 bits per heavy atom. The first kappa shape index (κ1) is 13.2. The van der Waals surface area contributed by atoms with E-state index in [1.54, 1.807) is 19.1 Å². The van der Waals surface area contributed by atoms with E-state index in [1.807, 2.05) is 25.1 Å². The van der Waals surface area contributed by atoms with Gasteiger partial charge in [0.1, 0.15) is 11.3 Å². The SMILES string of the molecule is Cc1coc(-c2ccc3c(C)cccc3c2O)c1C(=O)O. The lowest BCUT2D eigenvalue weighted by molar-refractivity contribution is 0.0696. The molecule has 0 amide bonds. The molecule has 3 aromatic rings. The Balaban J connectivity index is 2.32. The number of carboxylic acids is 1. The predicted octanol–water partition coefficient (Wildman–Crippen LogP) is 4.12. The summed E-state index contributed by atoms with van der Waals surface area (Å²) in [5, 5.41) is 21.4. The van der Waals surface area contributed by atoms with Crippen LogP contribution in [0.2, 0.25) is 0 Å². The summed E-state index contributed by atoms with van der Waals surface area (Å²) in [6, 6.07) is 9.17. The van der Waals surface area contributed by atoms with E-state index in [9.17, 15) is 15.0 Å². The number of carboxylic acid groups (broad SMARTS) is 1. The van der Waals surface area contributed by atoms with E-state index in [-0.39, 0.29) is 17.1 Å². The second kappa shape index (κ2) is 4.66. The van der Waals surface area contributed by atoms with Crippen LogP contribution < -0.4 is 0 Å². The second-order valence-electron chi connectivity index (χ2n) is 5.06. The van der Waals surface area contributed by atoms with Crippen molar-refractivity contribution in [3.63, 3.8) is 0 Å². The van der Waals surface area contributed by atoms with E-state index in [0.717, 1.165) is 10.9 Å². The summed E-state index contributed by atoms with van der Waals surface area (Å²) in [4.78, 5) is 11.4. The topological polar surface area (TPSA) is 70.7 Å². The van der Waals surface area contributed by atoms with E-state index >= 15 is 0 Å². The van der Waals surface area contributed by atoms with Crippen LogP contribution in [0.3, 0.4) is 0 Å². The van der Waals surface area contributed by atoms with Crippen LogP contribution >= 0.6 is 0 Å². The first-order valence-corrected chi connectivity index (χ1v) is 6.53. The number of furan rings is 1. The van der Waals surface area contributed by atoms with Crippen LogP contribution in [0, 0.1) is 13.8 Å². The molecule has 0 saturated heterocycles. The number of fused-ring (bicyclic) bond motifs is 1. The van der Waals surface area contributed by atoms with Gasteiger partial charge in [-0.1, -0.05) is 24.3 Å². The summed E-state index contributed by atoms with van der Waals surface area (Å²) in [7, 11) is 0. The van der Waals surface area contributed by atoms with Gasteiger partial charge in [0, 0.05) is 10.9 Å². The zero-order chi connectivity index (χ0) is 15.1. The van der Waals surface area contributed by atoms with Crippen LogP contribution in [-0.4, -0.2) is 16.2 Å². The molecule has 0 spiro atoms. The molecule has 0 bridgehead atoms. The van der Waals surface area contributed by atoms with Crippen molar-refractivity contribution in [2.24, 2.45) is 0 Å². The quantitative estimate of drug-likeness (QED) is 0.741. The second-order valence-corrected chi connectivity index (χ2v) is 5.06. The number of hydrogen-bond donors (Lipinski definition) is 2. The van der Waals surface area contributed by atoms with Crippen molar-refractivity contribution in [1.29, 1.82) is 0 Å². The Hall–Kier alpha value is -2.75. The lowest BCUT2D eigenvalue weighted by Crippen LogP contribution is -1.98. The highest BCUT2D eigenvalue weighted by atomic mass is 16.4. The minimum absolute atomic E-state index is 0.0352. The van der Waals surface area contributed by atoms with Crippen molar-refractivity contribution in [3.05, 3.63) is 53.3 Å². The predicted molar refractivity (Wildman–Crippen MR) is 79.7 cm³/mol. The maximum absolute atomic E-state index is 11.4. The molecule has 0 unspecified atom stereocenters. The van der Waals surface area contributed by atoms with Gasteiger partial charge in [0.05, 0.1) is 11.8 Å². The van der Waals surface area contributed by atoms with Gasteiger partial charge in [-0.25, -0.2) is 4.79 Å². The molecule has 0 fully saturated rings. The number of aryl methyl sites for hydroxylation is 2. The molecule has 3 rings (SSSR count). The first-order chi connectivity index (χ1) is 10.0. The van der Waals surface area contributed by atoms with Gasteiger partial charge in [-0.2, -0.15) is 0 Å². The van der Waals surface area contributed by atoms with Crippen LogP contribution in [-0.2, 0) is 0 Å². The standard InChI is InChI=1S/C17H14O4/c1-9-4-3-5-12-11(9)6-7-13(15(12)18)16-14(17(19)20)10(2)8-21-16/h3-8,18H,1-2H3,(H,19,20). The Morgan fingerprint density at radius 1 is 1.05 bits per heavy atom. The molecule has 0 atom stereocenters. The summed E-state index contributed by atoms with van der Waals surface area (Å²) in [6.07, 6.45) is 1.39. The smallest absolute Gasteiger partial charge is 0.339 e. The number of aromatic hydroxyl groups is 1. The lowest BCUT2D eigenvalue weighted by Gasteiger charge is -2.09. The molecule has 0 radical (unpaired) electrons. The molecule has 0 saturated carbocycles. The van der Waals surface area contributed by atoms with E-state index < -0.39 is 5.97 Å². The van der Waals surface area contributed by atoms with Gasteiger partial charge in [0.25, 0.3) is 0 Å². The van der Waals surface area contributed by atoms with Gasteiger partial charge in [-0.05, 0) is 30.9 Å². The number of hydrogen-bond acceptors (Lipinski definition) is 3. The largest absolute Gasteiger partial charge is 0.507 e. The number of phenolic OH excluding ortho intramolecular Hbond substituents is 1. The number of aromatic carboxylic acids is 1. The Kier molecular flexibility index (Phi) is 2.94. The average molecular weight is 282 g/mol. The van der Waals surface area contributed by atoms with Gasteiger partial charge < -0.3 is 14.6 Å². The van der Waals surface area contributed by atoms with E-state index in [1.165, 1.54) is 6.26 Å². The fourth-order valence-corrected chi connectivity index (χ4v) is 2.59. The molecule has 1 heterocycles. The lowest BCUT2D eigenvalue weighted by atomic mass is 9.98. The van der Waals surface area contributed by atoms with Gasteiger partial charge >= 0.3 is 5.97 Å². The molecule has 4 nitrogen and oxygen atoms in total. The maximum atomic E-state index is 11.4. The minimum Gasteiger partial charge on any atom is -0.507 e. The van der Waals surface area contributed by atoms with Crippen molar-refractivity contribution in [2.45, 2.75) is 13.8 Å². The molecule has 1 aromatic heterocycles. The zero-order valence-electron chi connectivity index (χ0n) is 11.7. The molecule has 0 aliphatic carbocycles. The van der Waals surface area contributed by atoms with E-state index in [0.29, 0.717) is 16.5 Å². The van der Waals surface area contributed by atoms with Gasteiger partial charge in [-0.3, -0.25) is 0 Å². The summed E-state index contributed by atoms with van der Waals surface area (Å²) in [6.45, 7) is 3.62. The summed E-state index contributed by atoms with van der Waals surface area (Å²) < 4.78 is 5.36. The van der Waals surface area contributed by atoms with Crippen LogP contribution in [0.4, 0.5) is 0 Å². The Labute approximate surface area is 121 Å². The molecule has 4 heteroatoms. The highest BCUT2D eigenvalue weighted by Crippen LogP contribution is 2.39. The molecule has 2 aromatic carbocycles. The number of carbonyl (C=O) groups is 1. The molecule has 2 N–H and O–H groups in total. The third-order valence-corrected chi connectivity index (χ3v) is 3.68.